The Morgan fingerprint density at radius 1 is 0.872 bits per heavy atom. The largest absolute Gasteiger partial charge is 0.369 e. The summed E-state index contributed by atoms with van der Waals surface area (Å²) in [6.07, 6.45) is 12.5. The molecule has 0 bridgehead atoms. The first-order valence-corrected chi connectivity index (χ1v) is 15.7. The summed E-state index contributed by atoms with van der Waals surface area (Å²) >= 11 is 0. The molecule has 2 aliphatic heterocycles. The van der Waals surface area contributed by atoms with Crippen molar-refractivity contribution in [2.45, 2.75) is 104 Å². The van der Waals surface area contributed by atoms with E-state index in [4.69, 9.17) is 4.99 Å². The van der Waals surface area contributed by atoms with Gasteiger partial charge in [0.05, 0.1) is 0 Å². The van der Waals surface area contributed by atoms with Crippen LogP contribution in [0.2, 0.25) is 0 Å². The van der Waals surface area contributed by atoms with E-state index in [-0.39, 0.29) is 0 Å². The molecule has 2 heterocycles. The summed E-state index contributed by atoms with van der Waals surface area (Å²) in [5.74, 6) is 1.10. The molecule has 0 unspecified atom stereocenters. The molecular weight excluding hydrogens is 480 g/mol. The number of hydrogen-bond donors (Lipinski definition) is 3. The fourth-order valence-corrected chi connectivity index (χ4v) is 6.06. The fraction of sp³-hybridized carbons (Fsp3) is 0.667. The fourth-order valence-electron chi connectivity index (χ4n) is 6.06. The van der Waals surface area contributed by atoms with Crippen LogP contribution in [0.3, 0.4) is 0 Å². The van der Waals surface area contributed by atoms with Crippen LogP contribution in [0, 0.1) is 0 Å². The van der Waals surface area contributed by atoms with E-state index < -0.39 is 0 Å². The van der Waals surface area contributed by atoms with Crippen LogP contribution >= 0.6 is 0 Å². The average Bonchev–Trinajstić information content (AvgIpc) is 2.95. The smallest absolute Gasteiger partial charge is 0.102 e. The number of rotatable bonds is 11. The lowest BCUT2D eigenvalue weighted by molar-refractivity contribution is 0.131. The molecule has 0 radical (unpaired) electrons. The van der Waals surface area contributed by atoms with Crippen LogP contribution in [0.25, 0.3) is 0 Å². The molecule has 1 saturated carbocycles. The van der Waals surface area contributed by atoms with Crippen molar-refractivity contribution in [3.8, 4) is 0 Å². The van der Waals surface area contributed by atoms with Gasteiger partial charge >= 0.3 is 0 Å². The normalized spacial score (nSPS) is 24.6. The minimum Gasteiger partial charge on any atom is -0.369 e. The van der Waals surface area contributed by atoms with E-state index in [0.29, 0.717) is 6.04 Å². The van der Waals surface area contributed by atoms with Gasteiger partial charge in [-0.15, -0.1) is 0 Å². The van der Waals surface area contributed by atoms with Crippen molar-refractivity contribution in [1.82, 2.24) is 25.8 Å². The quantitative estimate of drug-likeness (QED) is 0.324. The van der Waals surface area contributed by atoms with E-state index in [1.165, 1.54) is 60.9 Å². The maximum Gasteiger partial charge on any atom is 0.102 e. The Balaban J connectivity index is 1.17. The number of amidine groups is 1. The summed E-state index contributed by atoms with van der Waals surface area (Å²) in [6.45, 7) is 17.5. The predicted molar refractivity (Wildman–Crippen MR) is 166 cm³/mol. The Bertz CT molecular complexity index is 962. The van der Waals surface area contributed by atoms with Crippen LogP contribution in [0.4, 0.5) is 0 Å². The first-order chi connectivity index (χ1) is 19.0. The molecule has 0 spiro atoms. The maximum atomic E-state index is 4.97. The number of hydrogen-bond acceptors (Lipinski definition) is 6. The molecule has 1 aromatic carbocycles. The molecule has 0 amide bonds. The molecule has 3 aliphatic rings. The van der Waals surface area contributed by atoms with Gasteiger partial charge in [0.1, 0.15) is 5.84 Å². The molecule has 3 N–H and O–H groups in total. The van der Waals surface area contributed by atoms with E-state index in [2.05, 4.69) is 83.8 Å². The van der Waals surface area contributed by atoms with Crippen molar-refractivity contribution in [2.24, 2.45) is 4.99 Å². The molecule has 1 aliphatic carbocycles. The Morgan fingerprint density at radius 3 is 2.26 bits per heavy atom. The summed E-state index contributed by atoms with van der Waals surface area (Å²) < 4.78 is 0. The molecule has 2 fully saturated rings. The van der Waals surface area contributed by atoms with Crippen molar-refractivity contribution in [1.29, 1.82) is 0 Å². The second kappa shape index (κ2) is 15.6. The lowest BCUT2D eigenvalue weighted by Gasteiger charge is -2.39. The topological polar surface area (TPSA) is 54.9 Å². The van der Waals surface area contributed by atoms with Crippen molar-refractivity contribution in [2.75, 3.05) is 39.3 Å². The minimum atomic E-state index is 0.631. The van der Waals surface area contributed by atoms with Crippen molar-refractivity contribution >= 4 is 5.84 Å². The van der Waals surface area contributed by atoms with Crippen molar-refractivity contribution < 1.29 is 0 Å². The number of nitrogens with one attached hydrogen (secondary N) is 3. The first kappa shape index (κ1) is 29.8. The molecule has 1 aromatic rings. The zero-order valence-corrected chi connectivity index (χ0v) is 25.2. The highest BCUT2D eigenvalue weighted by atomic mass is 15.3. The first-order valence-electron chi connectivity index (χ1n) is 15.7. The minimum absolute atomic E-state index is 0.631. The molecular formula is C33H54N6. The van der Waals surface area contributed by atoms with E-state index in [1.807, 2.05) is 0 Å². The van der Waals surface area contributed by atoms with E-state index in [1.54, 1.807) is 0 Å². The molecule has 0 atom stereocenters. The lowest BCUT2D eigenvalue weighted by atomic mass is 9.95. The van der Waals surface area contributed by atoms with Crippen molar-refractivity contribution in [3.05, 3.63) is 58.4 Å². The Hall–Kier alpha value is -2.15. The molecule has 0 aromatic heterocycles. The molecule has 216 valence electrons. The monoisotopic (exact) mass is 534 g/mol. The summed E-state index contributed by atoms with van der Waals surface area (Å²) in [5.41, 5.74) is 6.61. The Morgan fingerprint density at radius 2 is 1.56 bits per heavy atom. The molecule has 4 rings (SSSR count). The molecule has 39 heavy (non-hydrogen) atoms. The predicted octanol–water partition coefficient (Wildman–Crippen LogP) is 5.57. The number of aliphatic imine (C=N–C) groups is 1. The van der Waals surface area contributed by atoms with Gasteiger partial charge in [-0.1, -0.05) is 43.5 Å². The second-order valence-corrected chi connectivity index (χ2v) is 12.1. The van der Waals surface area contributed by atoms with E-state index in [0.717, 1.165) is 82.8 Å². The van der Waals surface area contributed by atoms with Crippen LogP contribution in [-0.4, -0.2) is 67.0 Å². The zero-order valence-electron chi connectivity index (χ0n) is 25.2. The zero-order chi connectivity index (χ0) is 27.5. The van der Waals surface area contributed by atoms with Gasteiger partial charge in [-0.3, -0.25) is 4.90 Å². The van der Waals surface area contributed by atoms with Gasteiger partial charge in [-0.2, -0.15) is 0 Å². The van der Waals surface area contributed by atoms with Crippen LogP contribution in [0.15, 0.2) is 52.3 Å². The SMILES string of the molecule is CC1=C/C(N2CCN(C(C)C)CC2)=C(/C)CC/C(NCc2ccc(CNCCCNC3CCCCC3)cc2)=N\1. The summed E-state index contributed by atoms with van der Waals surface area (Å²) in [6, 6.07) is 10.4. The second-order valence-electron chi connectivity index (χ2n) is 12.1. The summed E-state index contributed by atoms with van der Waals surface area (Å²) in [4.78, 5) is 10.1. The molecule has 1 saturated heterocycles. The maximum absolute atomic E-state index is 4.97. The Labute approximate surface area is 238 Å². The highest BCUT2D eigenvalue weighted by Gasteiger charge is 2.21. The lowest BCUT2D eigenvalue weighted by Crippen LogP contribution is -2.48. The number of benzene rings is 1. The van der Waals surface area contributed by atoms with E-state index in [9.17, 15) is 0 Å². The highest BCUT2D eigenvalue weighted by molar-refractivity contribution is 5.83. The van der Waals surface area contributed by atoms with Gasteiger partial charge in [0.15, 0.2) is 0 Å². The third-order valence-corrected chi connectivity index (χ3v) is 8.63. The van der Waals surface area contributed by atoms with Crippen molar-refractivity contribution in [3.63, 3.8) is 0 Å². The average molecular weight is 535 g/mol. The third-order valence-electron chi connectivity index (χ3n) is 8.63. The number of allylic oxidation sites excluding steroid dienone is 3. The molecule has 6 nitrogen and oxygen atoms in total. The van der Waals surface area contributed by atoms with Gasteiger partial charge < -0.3 is 20.9 Å². The van der Waals surface area contributed by atoms with Gasteiger partial charge in [0.2, 0.25) is 0 Å². The van der Waals surface area contributed by atoms with Gasteiger partial charge in [0.25, 0.3) is 0 Å². The van der Waals surface area contributed by atoms with Crippen LogP contribution in [0.5, 0.6) is 0 Å². The standard InChI is InChI=1S/C33H54N6/c1-26(2)38-19-21-39(22-20-38)32-23-28(4)37-33(16-11-27(32)3)36-25-30-14-12-29(13-15-30)24-34-17-8-18-35-31-9-6-5-7-10-31/h12-15,23,26,31,34-35H,5-11,16-22,24-25H2,1-4H3,(H,36,37)/b28-23-,32-27+. The highest BCUT2D eigenvalue weighted by Crippen LogP contribution is 2.23. The van der Waals surface area contributed by atoms with Gasteiger partial charge in [-0.25, -0.2) is 4.99 Å². The van der Waals surface area contributed by atoms with Gasteiger partial charge in [0, 0.05) is 69.2 Å². The third kappa shape index (κ3) is 9.77. The Kier molecular flexibility index (Phi) is 11.9. The molecule has 6 heteroatoms. The van der Waals surface area contributed by atoms with Crippen LogP contribution in [-0.2, 0) is 13.1 Å². The number of nitrogens with zero attached hydrogens (tertiary/aromatic N) is 3. The van der Waals surface area contributed by atoms with E-state index >= 15 is 0 Å². The van der Waals surface area contributed by atoms with Crippen LogP contribution in [0.1, 0.15) is 90.2 Å². The summed E-state index contributed by atoms with van der Waals surface area (Å²) in [7, 11) is 0. The van der Waals surface area contributed by atoms with Gasteiger partial charge in [-0.05, 0) is 89.2 Å². The number of piperazine rings is 1. The van der Waals surface area contributed by atoms with Crippen LogP contribution < -0.4 is 16.0 Å². The summed E-state index contributed by atoms with van der Waals surface area (Å²) in [5, 5.41) is 11.0.